The second-order valence-corrected chi connectivity index (χ2v) is 8.07. The van der Waals surface area contributed by atoms with Crippen LogP contribution in [0.3, 0.4) is 0 Å². The number of rotatable bonds is 3. The van der Waals surface area contributed by atoms with Gasteiger partial charge in [-0.3, -0.25) is 4.79 Å². The number of nitrogens with zero attached hydrogens (tertiary/aromatic N) is 1. The quantitative estimate of drug-likeness (QED) is 0.839. The van der Waals surface area contributed by atoms with Crippen LogP contribution in [0.4, 0.5) is 0 Å². The van der Waals surface area contributed by atoms with E-state index in [-0.39, 0.29) is 23.3 Å². The largest absolute Gasteiger partial charge is 0.341 e. The van der Waals surface area contributed by atoms with Gasteiger partial charge in [-0.1, -0.05) is 28.1 Å². The van der Waals surface area contributed by atoms with Crippen molar-refractivity contribution in [3.8, 4) is 0 Å². The first-order chi connectivity index (χ1) is 8.87. The molecule has 1 aromatic carbocycles. The van der Waals surface area contributed by atoms with E-state index >= 15 is 0 Å². The zero-order chi connectivity index (χ0) is 14.0. The number of halogens is 1. The summed E-state index contributed by atoms with van der Waals surface area (Å²) in [5.74, 6) is -0.319. The van der Waals surface area contributed by atoms with E-state index < -0.39 is 9.84 Å². The van der Waals surface area contributed by atoms with E-state index in [1.807, 2.05) is 24.3 Å². The molecule has 1 amide bonds. The minimum atomic E-state index is -3.01. The van der Waals surface area contributed by atoms with E-state index in [1.165, 1.54) is 0 Å². The van der Waals surface area contributed by atoms with E-state index in [1.54, 1.807) is 11.9 Å². The molecule has 0 unspecified atom stereocenters. The maximum atomic E-state index is 12.2. The molecule has 0 saturated carbocycles. The Morgan fingerprint density at radius 3 is 2.53 bits per heavy atom. The van der Waals surface area contributed by atoms with Gasteiger partial charge in [-0.05, 0) is 24.1 Å². The summed E-state index contributed by atoms with van der Waals surface area (Å²) in [6.07, 6.45) is 0.450. The molecule has 0 aromatic heterocycles. The van der Waals surface area contributed by atoms with Crippen molar-refractivity contribution in [3.63, 3.8) is 0 Å². The Bertz CT molecular complexity index is 568. The molecular formula is C13H16BrNO3S. The van der Waals surface area contributed by atoms with E-state index in [0.29, 0.717) is 13.0 Å². The Labute approximate surface area is 121 Å². The molecule has 19 heavy (non-hydrogen) atoms. The highest BCUT2D eigenvalue weighted by Crippen LogP contribution is 2.21. The SMILES string of the molecule is CN(Cc1ccc(Br)cc1)C(=O)[C@H]1CCS(=O)(=O)C1. The Kier molecular flexibility index (Phi) is 4.30. The molecule has 1 aliphatic heterocycles. The summed E-state index contributed by atoms with van der Waals surface area (Å²) in [7, 11) is -1.29. The molecule has 1 aliphatic rings. The van der Waals surface area contributed by atoms with Crippen LogP contribution in [0.1, 0.15) is 12.0 Å². The van der Waals surface area contributed by atoms with Gasteiger partial charge in [-0.25, -0.2) is 8.42 Å². The molecule has 0 spiro atoms. The standard InChI is InChI=1S/C13H16BrNO3S/c1-15(8-10-2-4-12(14)5-3-10)13(16)11-6-7-19(17,18)9-11/h2-5,11H,6-9H2,1H3/t11-/m0/s1. The number of carbonyl (C=O) groups is 1. The minimum absolute atomic E-state index is 0.00346. The molecule has 104 valence electrons. The molecule has 1 fully saturated rings. The number of sulfone groups is 1. The normalized spacial score (nSPS) is 21.3. The number of amides is 1. The Balaban J connectivity index is 1.98. The summed E-state index contributed by atoms with van der Waals surface area (Å²) in [6.45, 7) is 0.503. The monoisotopic (exact) mass is 345 g/mol. The third-order valence-corrected chi connectivity index (χ3v) is 5.59. The van der Waals surface area contributed by atoms with E-state index in [9.17, 15) is 13.2 Å². The van der Waals surface area contributed by atoms with Gasteiger partial charge in [0.2, 0.25) is 5.91 Å². The molecule has 6 heteroatoms. The number of carbonyl (C=O) groups excluding carboxylic acids is 1. The first-order valence-electron chi connectivity index (χ1n) is 6.07. The van der Waals surface area contributed by atoms with Crippen molar-refractivity contribution in [2.24, 2.45) is 5.92 Å². The average Bonchev–Trinajstić information content (AvgIpc) is 2.71. The van der Waals surface area contributed by atoms with Crippen LogP contribution < -0.4 is 0 Å². The fourth-order valence-corrected chi connectivity index (χ4v) is 4.24. The average molecular weight is 346 g/mol. The zero-order valence-corrected chi connectivity index (χ0v) is 13.1. The zero-order valence-electron chi connectivity index (χ0n) is 10.7. The minimum Gasteiger partial charge on any atom is -0.341 e. The topological polar surface area (TPSA) is 54.5 Å². The second-order valence-electron chi connectivity index (χ2n) is 4.92. The molecule has 4 nitrogen and oxygen atoms in total. The lowest BCUT2D eigenvalue weighted by Crippen LogP contribution is -2.33. The molecule has 1 atom stereocenters. The van der Waals surface area contributed by atoms with Gasteiger partial charge in [0.15, 0.2) is 9.84 Å². The lowest BCUT2D eigenvalue weighted by molar-refractivity contribution is -0.133. The highest BCUT2D eigenvalue weighted by molar-refractivity contribution is 9.10. The van der Waals surface area contributed by atoms with Crippen molar-refractivity contribution >= 4 is 31.7 Å². The smallest absolute Gasteiger partial charge is 0.226 e. The van der Waals surface area contributed by atoms with E-state index in [0.717, 1.165) is 10.0 Å². The van der Waals surface area contributed by atoms with Crippen LogP contribution in [0.5, 0.6) is 0 Å². The number of hydrogen-bond donors (Lipinski definition) is 0. The van der Waals surface area contributed by atoms with Gasteiger partial charge in [0.1, 0.15) is 0 Å². The first kappa shape index (κ1) is 14.5. The van der Waals surface area contributed by atoms with Gasteiger partial charge in [-0.2, -0.15) is 0 Å². The summed E-state index contributed by atoms with van der Waals surface area (Å²) in [5, 5.41) is 0. The molecule has 0 N–H and O–H groups in total. The third kappa shape index (κ3) is 3.79. The summed E-state index contributed by atoms with van der Waals surface area (Å²) in [4.78, 5) is 13.8. The van der Waals surface area contributed by atoms with E-state index in [2.05, 4.69) is 15.9 Å². The van der Waals surface area contributed by atoms with Gasteiger partial charge in [0.05, 0.1) is 17.4 Å². The van der Waals surface area contributed by atoms with Gasteiger partial charge in [-0.15, -0.1) is 0 Å². The van der Waals surface area contributed by atoms with Gasteiger partial charge < -0.3 is 4.90 Å². The predicted octanol–water partition coefficient (Wildman–Crippen LogP) is 1.84. The maximum Gasteiger partial charge on any atom is 0.226 e. The Morgan fingerprint density at radius 1 is 1.37 bits per heavy atom. The summed E-state index contributed by atoms with van der Waals surface area (Å²) < 4.78 is 23.8. The highest BCUT2D eigenvalue weighted by atomic mass is 79.9. The predicted molar refractivity (Wildman–Crippen MR) is 77.4 cm³/mol. The van der Waals surface area contributed by atoms with Crippen molar-refractivity contribution in [2.75, 3.05) is 18.6 Å². The molecular weight excluding hydrogens is 330 g/mol. The van der Waals surface area contributed by atoms with Crippen molar-refractivity contribution in [3.05, 3.63) is 34.3 Å². The molecule has 1 aromatic rings. The number of hydrogen-bond acceptors (Lipinski definition) is 3. The van der Waals surface area contributed by atoms with Gasteiger partial charge in [0, 0.05) is 18.1 Å². The second kappa shape index (κ2) is 5.63. The maximum absolute atomic E-state index is 12.2. The fraction of sp³-hybridized carbons (Fsp3) is 0.462. The molecule has 0 aliphatic carbocycles. The Hall–Kier alpha value is -0.880. The molecule has 2 rings (SSSR count). The molecule has 1 heterocycles. The molecule has 0 bridgehead atoms. The lowest BCUT2D eigenvalue weighted by atomic mass is 10.1. The van der Waals surface area contributed by atoms with Crippen LogP contribution in [0.25, 0.3) is 0 Å². The van der Waals surface area contributed by atoms with Crippen LogP contribution in [-0.4, -0.2) is 37.8 Å². The van der Waals surface area contributed by atoms with E-state index in [4.69, 9.17) is 0 Å². The molecule has 0 radical (unpaired) electrons. The summed E-state index contributed by atoms with van der Waals surface area (Å²) in [6, 6.07) is 7.74. The van der Waals surface area contributed by atoms with Crippen molar-refractivity contribution < 1.29 is 13.2 Å². The van der Waals surface area contributed by atoms with Crippen molar-refractivity contribution in [1.29, 1.82) is 0 Å². The molecule has 1 saturated heterocycles. The lowest BCUT2D eigenvalue weighted by Gasteiger charge is -2.20. The van der Waals surface area contributed by atoms with Crippen LogP contribution in [0, 0.1) is 5.92 Å². The Morgan fingerprint density at radius 2 is 2.00 bits per heavy atom. The van der Waals surface area contributed by atoms with Gasteiger partial charge in [0.25, 0.3) is 0 Å². The van der Waals surface area contributed by atoms with Crippen LogP contribution in [0.2, 0.25) is 0 Å². The first-order valence-corrected chi connectivity index (χ1v) is 8.69. The summed E-state index contributed by atoms with van der Waals surface area (Å²) in [5.41, 5.74) is 1.03. The fourth-order valence-electron chi connectivity index (χ4n) is 2.24. The van der Waals surface area contributed by atoms with Crippen LogP contribution >= 0.6 is 15.9 Å². The number of benzene rings is 1. The summed E-state index contributed by atoms with van der Waals surface area (Å²) >= 11 is 3.36. The van der Waals surface area contributed by atoms with Crippen LogP contribution in [-0.2, 0) is 21.2 Å². The highest BCUT2D eigenvalue weighted by Gasteiger charge is 2.34. The van der Waals surface area contributed by atoms with Crippen LogP contribution in [0.15, 0.2) is 28.7 Å². The van der Waals surface area contributed by atoms with Gasteiger partial charge >= 0.3 is 0 Å². The van der Waals surface area contributed by atoms with Crippen molar-refractivity contribution in [2.45, 2.75) is 13.0 Å². The third-order valence-electron chi connectivity index (χ3n) is 3.29. The van der Waals surface area contributed by atoms with Crippen molar-refractivity contribution in [1.82, 2.24) is 4.90 Å².